The molecule has 0 saturated carbocycles. The number of benzene rings is 1. The van der Waals surface area contributed by atoms with Gasteiger partial charge in [0.2, 0.25) is 0 Å². The molecule has 102 valence electrons. The summed E-state index contributed by atoms with van der Waals surface area (Å²) in [6, 6.07) is 12.8. The summed E-state index contributed by atoms with van der Waals surface area (Å²) >= 11 is 5.42. The van der Waals surface area contributed by atoms with Crippen LogP contribution < -0.4 is 5.32 Å². The number of aromatic nitrogens is 1. The molecule has 4 heteroatoms. The minimum absolute atomic E-state index is 0.255. The topological polar surface area (TPSA) is 24.9 Å². The van der Waals surface area contributed by atoms with Gasteiger partial charge < -0.3 is 5.32 Å². The molecule has 2 nitrogen and oxygen atoms in total. The Hall–Kier alpha value is -1.39. The zero-order valence-electron chi connectivity index (χ0n) is 11.4. The Balaban J connectivity index is 1.97. The van der Waals surface area contributed by atoms with Crippen molar-refractivity contribution < 1.29 is 0 Å². The zero-order chi connectivity index (χ0) is 14.1. The van der Waals surface area contributed by atoms with Crippen LogP contribution in [0.4, 0.5) is 5.82 Å². The Morgan fingerprint density at radius 1 is 1.15 bits per heavy atom. The second kappa shape index (κ2) is 5.54. The molecule has 1 atom stereocenters. The second-order valence-electron chi connectivity index (χ2n) is 4.81. The van der Waals surface area contributed by atoms with Crippen LogP contribution >= 0.6 is 27.3 Å². The van der Waals surface area contributed by atoms with Crippen molar-refractivity contribution >= 4 is 43.9 Å². The standard InChI is InChI=1S/C16H15BrN2S/c1-10-6-7-15(20-10)11(2)19-16-13-4-3-5-14(17)12(13)8-9-18-16/h3-9,11H,1-2H3,(H,18,19). The zero-order valence-corrected chi connectivity index (χ0v) is 13.8. The number of rotatable bonds is 3. The van der Waals surface area contributed by atoms with Gasteiger partial charge in [0, 0.05) is 31.2 Å². The van der Waals surface area contributed by atoms with Crippen LogP contribution in [0.25, 0.3) is 10.8 Å². The normalized spacial score (nSPS) is 12.6. The van der Waals surface area contributed by atoms with E-state index in [2.05, 4.69) is 64.3 Å². The lowest BCUT2D eigenvalue weighted by atomic mass is 10.1. The number of nitrogens with one attached hydrogen (secondary N) is 1. The molecule has 0 aliphatic carbocycles. The summed E-state index contributed by atoms with van der Waals surface area (Å²) < 4.78 is 1.10. The van der Waals surface area contributed by atoms with E-state index in [9.17, 15) is 0 Å². The fourth-order valence-corrected chi connectivity index (χ4v) is 3.62. The molecule has 0 saturated heterocycles. The van der Waals surface area contributed by atoms with E-state index >= 15 is 0 Å². The van der Waals surface area contributed by atoms with E-state index in [-0.39, 0.29) is 6.04 Å². The molecule has 3 aromatic rings. The van der Waals surface area contributed by atoms with Gasteiger partial charge in [-0.1, -0.05) is 28.1 Å². The van der Waals surface area contributed by atoms with Gasteiger partial charge in [0.25, 0.3) is 0 Å². The molecule has 0 aliphatic heterocycles. The molecule has 1 aromatic carbocycles. The molecule has 0 radical (unpaired) electrons. The number of aryl methyl sites for hydroxylation is 1. The summed E-state index contributed by atoms with van der Waals surface area (Å²) in [5.41, 5.74) is 0. The number of hydrogen-bond donors (Lipinski definition) is 1. The average molecular weight is 347 g/mol. The quantitative estimate of drug-likeness (QED) is 0.673. The molecule has 1 unspecified atom stereocenters. The van der Waals surface area contributed by atoms with Crippen molar-refractivity contribution in [1.82, 2.24) is 4.98 Å². The summed E-state index contributed by atoms with van der Waals surface area (Å²) in [4.78, 5) is 7.16. The van der Waals surface area contributed by atoms with Crippen molar-refractivity contribution in [3.8, 4) is 0 Å². The fourth-order valence-electron chi connectivity index (χ4n) is 2.25. The number of halogens is 1. The minimum atomic E-state index is 0.255. The monoisotopic (exact) mass is 346 g/mol. The highest BCUT2D eigenvalue weighted by molar-refractivity contribution is 9.10. The predicted molar refractivity (Wildman–Crippen MR) is 90.5 cm³/mol. The molecule has 0 spiro atoms. The molecular weight excluding hydrogens is 332 g/mol. The molecular formula is C16H15BrN2S. The Labute approximate surface area is 131 Å². The first kappa shape index (κ1) is 13.6. The first-order chi connectivity index (χ1) is 9.65. The Morgan fingerprint density at radius 2 is 2.00 bits per heavy atom. The first-order valence-electron chi connectivity index (χ1n) is 6.51. The van der Waals surface area contributed by atoms with Crippen molar-refractivity contribution in [1.29, 1.82) is 0 Å². The molecule has 0 amide bonds. The van der Waals surface area contributed by atoms with Crippen molar-refractivity contribution in [2.24, 2.45) is 0 Å². The van der Waals surface area contributed by atoms with Gasteiger partial charge in [-0.2, -0.15) is 0 Å². The van der Waals surface area contributed by atoms with Gasteiger partial charge in [-0.25, -0.2) is 4.98 Å². The summed E-state index contributed by atoms with van der Waals surface area (Å²) in [6.45, 7) is 4.30. The van der Waals surface area contributed by atoms with E-state index in [1.54, 1.807) is 0 Å². The lowest BCUT2D eigenvalue weighted by molar-refractivity contribution is 0.900. The first-order valence-corrected chi connectivity index (χ1v) is 8.12. The van der Waals surface area contributed by atoms with Gasteiger partial charge in [-0.05, 0) is 38.1 Å². The van der Waals surface area contributed by atoms with Gasteiger partial charge in [-0.3, -0.25) is 0 Å². The van der Waals surface area contributed by atoms with Crippen LogP contribution in [0.3, 0.4) is 0 Å². The van der Waals surface area contributed by atoms with Gasteiger partial charge in [0.15, 0.2) is 0 Å². The van der Waals surface area contributed by atoms with Crippen LogP contribution in [0.1, 0.15) is 22.7 Å². The third-order valence-electron chi connectivity index (χ3n) is 3.29. The molecule has 2 aromatic heterocycles. The highest BCUT2D eigenvalue weighted by Crippen LogP contribution is 2.31. The number of pyridine rings is 1. The third kappa shape index (κ3) is 2.58. The largest absolute Gasteiger partial charge is 0.362 e. The lowest BCUT2D eigenvalue weighted by Crippen LogP contribution is -2.06. The highest BCUT2D eigenvalue weighted by atomic mass is 79.9. The Morgan fingerprint density at radius 3 is 2.75 bits per heavy atom. The van der Waals surface area contributed by atoms with Crippen LogP contribution in [0.2, 0.25) is 0 Å². The summed E-state index contributed by atoms with van der Waals surface area (Å²) in [5.74, 6) is 0.933. The lowest BCUT2D eigenvalue weighted by Gasteiger charge is -2.15. The van der Waals surface area contributed by atoms with Crippen LogP contribution in [-0.4, -0.2) is 4.98 Å². The smallest absolute Gasteiger partial charge is 0.134 e. The maximum atomic E-state index is 4.49. The Kier molecular flexibility index (Phi) is 3.76. The van der Waals surface area contributed by atoms with Gasteiger partial charge >= 0.3 is 0 Å². The SMILES string of the molecule is Cc1ccc(C(C)Nc2nccc3c(Br)cccc23)s1. The van der Waals surface area contributed by atoms with Crippen molar-refractivity contribution in [3.05, 3.63) is 56.8 Å². The molecule has 2 heterocycles. The van der Waals surface area contributed by atoms with Gasteiger partial charge in [-0.15, -0.1) is 11.3 Å². The number of fused-ring (bicyclic) bond motifs is 1. The van der Waals surface area contributed by atoms with Crippen molar-refractivity contribution in [3.63, 3.8) is 0 Å². The number of thiophene rings is 1. The molecule has 0 aliphatic rings. The maximum Gasteiger partial charge on any atom is 0.134 e. The summed E-state index contributed by atoms with van der Waals surface area (Å²) in [6.07, 6.45) is 1.85. The maximum absolute atomic E-state index is 4.49. The van der Waals surface area contributed by atoms with Crippen LogP contribution in [0.5, 0.6) is 0 Å². The van der Waals surface area contributed by atoms with Crippen molar-refractivity contribution in [2.75, 3.05) is 5.32 Å². The van der Waals surface area contributed by atoms with Gasteiger partial charge in [0.05, 0.1) is 6.04 Å². The van der Waals surface area contributed by atoms with Crippen LogP contribution in [0.15, 0.2) is 47.1 Å². The summed E-state index contributed by atoms with van der Waals surface area (Å²) in [5, 5.41) is 5.84. The molecule has 20 heavy (non-hydrogen) atoms. The van der Waals surface area contributed by atoms with E-state index < -0.39 is 0 Å². The van der Waals surface area contributed by atoms with E-state index in [1.807, 2.05) is 29.7 Å². The van der Waals surface area contributed by atoms with Crippen LogP contribution in [-0.2, 0) is 0 Å². The Bertz CT molecular complexity index is 751. The number of hydrogen-bond acceptors (Lipinski definition) is 3. The molecule has 1 N–H and O–H groups in total. The van der Waals surface area contributed by atoms with E-state index in [4.69, 9.17) is 0 Å². The van der Waals surface area contributed by atoms with E-state index in [0.29, 0.717) is 0 Å². The van der Waals surface area contributed by atoms with E-state index in [1.165, 1.54) is 15.1 Å². The fraction of sp³-hybridized carbons (Fsp3) is 0.188. The predicted octanol–water partition coefficient (Wildman–Crippen LogP) is 5.54. The van der Waals surface area contributed by atoms with Gasteiger partial charge in [0.1, 0.15) is 5.82 Å². The van der Waals surface area contributed by atoms with Crippen molar-refractivity contribution in [2.45, 2.75) is 19.9 Å². The number of nitrogens with zero attached hydrogens (tertiary/aromatic N) is 1. The van der Waals surface area contributed by atoms with Crippen LogP contribution in [0, 0.1) is 6.92 Å². The minimum Gasteiger partial charge on any atom is -0.362 e. The number of anilines is 1. The molecule has 0 bridgehead atoms. The average Bonchev–Trinajstić information content (AvgIpc) is 2.87. The molecule has 0 fully saturated rings. The summed E-state index contributed by atoms with van der Waals surface area (Å²) in [7, 11) is 0. The molecule has 3 rings (SSSR count). The van der Waals surface area contributed by atoms with E-state index in [0.717, 1.165) is 15.7 Å². The second-order valence-corrected chi connectivity index (χ2v) is 6.98. The third-order valence-corrected chi connectivity index (χ3v) is 5.17. The highest BCUT2D eigenvalue weighted by Gasteiger charge is 2.11.